The first-order valence-corrected chi connectivity index (χ1v) is 6.04. The summed E-state index contributed by atoms with van der Waals surface area (Å²) in [6, 6.07) is 0.461. The van der Waals surface area contributed by atoms with Crippen LogP contribution < -0.4 is 5.32 Å². The van der Waals surface area contributed by atoms with Crippen LogP contribution >= 0.6 is 0 Å². The molecule has 0 aliphatic heterocycles. The third-order valence-electron chi connectivity index (χ3n) is 3.23. The fraction of sp³-hybridized carbons (Fsp3) is 1.00. The maximum Gasteiger partial charge on any atom is 0.0613 e. The highest BCUT2D eigenvalue weighted by Crippen LogP contribution is 2.37. The van der Waals surface area contributed by atoms with E-state index in [1.165, 1.54) is 13.0 Å². The van der Waals surface area contributed by atoms with Crippen molar-refractivity contribution < 1.29 is 4.74 Å². The van der Waals surface area contributed by atoms with Crippen molar-refractivity contribution in [3.63, 3.8) is 0 Å². The highest BCUT2D eigenvalue weighted by molar-refractivity contribution is 4.84. The lowest BCUT2D eigenvalue weighted by Crippen LogP contribution is -2.37. The van der Waals surface area contributed by atoms with Gasteiger partial charge in [0.2, 0.25) is 0 Å². The number of rotatable bonds is 8. The van der Waals surface area contributed by atoms with E-state index in [4.69, 9.17) is 4.74 Å². The van der Waals surface area contributed by atoms with E-state index in [-0.39, 0.29) is 0 Å². The molecule has 15 heavy (non-hydrogen) atoms. The molecule has 3 unspecified atom stereocenters. The van der Waals surface area contributed by atoms with Crippen molar-refractivity contribution in [3.05, 3.63) is 0 Å². The average Bonchev–Trinajstić information content (AvgIpc) is 2.82. The highest BCUT2D eigenvalue weighted by Gasteiger charge is 2.32. The second kappa shape index (κ2) is 6.46. The van der Waals surface area contributed by atoms with Gasteiger partial charge in [-0.1, -0.05) is 6.92 Å². The summed E-state index contributed by atoms with van der Waals surface area (Å²) in [5.74, 6) is 1.93. The molecule has 1 aliphatic carbocycles. The van der Waals surface area contributed by atoms with Gasteiger partial charge >= 0.3 is 0 Å². The smallest absolute Gasteiger partial charge is 0.0613 e. The molecule has 0 amide bonds. The van der Waals surface area contributed by atoms with Gasteiger partial charge < -0.3 is 15.0 Å². The number of methoxy groups -OCH3 is 1. The van der Waals surface area contributed by atoms with Crippen molar-refractivity contribution >= 4 is 0 Å². The third kappa shape index (κ3) is 5.50. The van der Waals surface area contributed by atoms with E-state index in [0.29, 0.717) is 6.04 Å². The number of nitrogens with one attached hydrogen (secondary N) is 1. The van der Waals surface area contributed by atoms with Crippen LogP contribution in [0.25, 0.3) is 0 Å². The van der Waals surface area contributed by atoms with E-state index in [0.717, 1.165) is 31.5 Å². The Hall–Kier alpha value is -0.120. The third-order valence-corrected chi connectivity index (χ3v) is 3.23. The molecule has 0 saturated heterocycles. The minimum atomic E-state index is 0.461. The van der Waals surface area contributed by atoms with Gasteiger partial charge in [0, 0.05) is 32.8 Å². The van der Waals surface area contributed by atoms with Crippen molar-refractivity contribution in [3.8, 4) is 0 Å². The molecule has 0 bridgehead atoms. The van der Waals surface area contributed by atoms with Crippen LogP contribution in [0, 0.1) is 11.8 Å². The van der Waals surface area contributed by atoms with Gasteiger partial charge in [-0.05, 0) is 32.2 Å². The van der Waals surface area contributed by atoms with Crippen LogP contribution in [0.4, 0.5) is 0 Å². The van der Waals surface area contributed by atoms with Crippen molar-refractivity contribution in [1.82, 2.24) is 10.2 Å². The summed E-state index contributed by atoms with van der Waals surface area (Å²) < 4.78 is 5.07. The SMILES string of the molecule is COCC(C)NCCN(C)CC1CC1C. The molecule has 1 fully saturated rings. The van der Waals surface area contributed by atoms with Crippen molar-refractivity contribution in [1.29, 1.82) is 0 Å². The van der Waals surface area contributed by atoms with Gasteiger partial charge in [0.1, 0.15) is 0 Å². The molecule has 3 nitrogen and oxygen atoms in total. The van der Waals surface area contributed by atoms with Gasteiger partial charge in [0.05, 0.1) is 6.61 Å². The van der Waals surface area contributed by atoms with E-state index >= 15 is 0 Å². The topological polar surface area (TPSA) is 24.5 Å². The Morgan fingerprint density at radius 1 is 1.53 bits per heavy atom. The molecule has 0 aromatic heterocycles. The molecule has 3 heteroatoms. The predicted octanol–water partition coefficient (Wildman–Crippen LogP) is 1.20. The monoisotopic (exact) mass is 214 g/mol. The molecule has 0 aromatic carbocycles. The minimum absolute atomic E-state index is 0.461. The Morgan fingerprint density at radius 2 is 2.20 bits per heavy atom. The molecule has 3 atom stereocenters. The lowest BCUT2D eigenvalue weighted by atomic mass is 10.3. The maximum atomic E-state index is 5.07. The van der Waals surface area contributed by atoms with Crippen LogP contribution in [-0.2, 0) is 4.74 Å². The quantitative estimate of drug-likeness (QED) is 0.657. The van der Waals surface area contributed by atoms with E-state index < -0.39 is 0 Å². The highest BCUT2D eigenvalue weighted by atomic mass is 16.5. The largest absolute Gasteiger partial charge is 0.383 e. The standard InChI is InChI=1S/C12H26N2O/c1-10-7-12(10)8-14(3)6-5-13-11(2)9-15-4/h10-13H,5-9H2,1-4H3. The number of hydrogen-bond donors (Lipinski definition) is 1. The summed E-state index contributed by atoms with van der Waals surface area (Å²) in [6.45, 7) is 8.76. The number of hydrogen-bond acceptors (Lipinski definition) is 3. The average molecular weight is 214 g/mol. The van der Waals surface area contributed by atoms with Gasteiger partial charge in [-0.15, -0.1) is 0 Å². The van der Waals surface area contributed by atoms with Gasteiger partial charge in [-0.25, -0.2) is 0 Å². The Morgan fingerprint density at radius 3 is 2.73 bits per heavy atom. The van der Waals surface area contributed by atoms with Crippen LogP contribution in [0.3, 0.4) is 0 Å². The van der Waals surface area contributed by atoms with Crippen LogP contribution in [0.1, 0.15) is 20.3 Å². The molecule has 1 N–H and O–H groups in total. The van der Waals surface area contributed by atoms with E-state index in [9.17, 15) is 0 Å². The molecule has 0 aromatic rings. The first kappa shape index (κ1) is 12.9. The van der Waals surface area contributed by atoms with E-state index in [1.807, 2.05) is 0 Å². The zero-order valence-electron chi connectivity index (χ0n) is 10.6. The second-order valence-electron chi connectivity index (χ2n) is 5.05. The predicted molar refractivity (Wildman–Crippen MR) is 64.1 cm³/mol. The van der Waals surface area contributed by atoms with Gasteiger partial charge in [0.25, 0.3) is 0 Å². The molecule has 0 spiro atoms. The summed E-state index contributed by atoms with van der Waals surface area (Å²) in [5, 5.41) is 3.45. The summed E-state index contributed by atoms with van der Waals surface area (Å²) in [7, 11) is 3.96. The summed E-state index contributed by atoms with van der Waals surface area (Å²) in [6.07, 6.45) is 1.43. The van der Waals surface area contributed by atoms with E-state index in [1.54, 1.807) is 7.11 Å². The molecule has 1 rings (SSSR count). The summed E-state index contributed by atoms with van der Waals surface area (Å²) in [5.41, 5.74) is 0. The lowest BCUT2D eigenvalue weighted by molar-refractivity contribution is 0.170. The molecule has 1 aliphatic rings. The van der Waals surface area contributed by atoms with Crippen LogP contribution in [0.5, 0.6) is 0 Å². The van der Waals surface area contributed by atoms with Gasteiger partial charge in [-0.3, -0.25) is 0 Å². The Kier molecular flexibility index (Phi) is 5.58. The number of nitrogens with zero attached hydrogens (tertiary/aromatic N) is 1. The summed E-state index contributed by atoms with van der Waals surface area (Å²) >= 11 is 0. The molecule has 0 radical (unpaired) electrons. The van der Waals surface area contributed by atoms with Gasteiger partial charge in [-0.2, -0.15) is 0 Å². The van der Waals surface area contributed by atoms with Crippen LogP contribution in [0.2, 0.25) is 0 Å². The fourth-order valence-corrected chi connectivity index (χ4v) is 1.96. The van der Waals surface area contributed by atoms with Crippen LogP contribution in [0.15, 0.2) is 0 Å². The molecular formula is C12H26N2O. The van der Waals surface area contributed by atoms with Gasteiger partial charge in [0.15, 0.2) is 0 Å². The van der Waals surface area contributed by atoms with Crippen LogP contribution in [-0.4, -0.2) is 51.3 Å². The lowest BCUT2D eigenvalue weighted by Gasteiger charge is -2.19. The van der Waals surface area contributed by atoms with Crippen molar-refractivity contribution in [2.75, 3.05) is 40.4 Å². The zero-order chi connectivity index (χ0) is 11.3. The number of ether oxygens (including phenoxy) is 1. The zero-order valence-corrected chi connectivity index (χ0v) is 10.6. The van der Waals surface area contributed by atoms with Crippen molar-refractivity contribution in [2.45, 2.75) is 26.3 Å². The Labute approximate surface area is 94.2 Å². The number of likely N-dealkylation sites (N-methyl/N-ethyl adjacent to an activating group) is 1. The maximum absolute atomic E-state index is 5.07. The first-order valence-electron chi connectivity index (χ1n) is 6.04. The summed E-state index contributed by atoms with van der Waals surface area (Å²) in [4.78, 5) is 2.43. The molecular weight excluding hydrogens is 188 g/mol. The molecule has 0 heterocycles. The van der Waals surface area contributed by atoms with E-state index in [2.05, 4.69) is 31.1 Å². The fourth-order valence-electron chi connectivity index (χ4n) is 1.96. The first-order chi connectivity index (χ1) is 7.13. The molecule has 1 saturated carbocycles. The normalized spacial score (nSPS) is 27.0. The van der Waals surface area contributed by atoms with Crippen molar-refractivity contribution in [2.24, 2.45) is 11.8 Å². The Balaban J connectivity index is 1.94. The minimum Gasteiger partial charge on any atom is -0.383 e. The Bertz CT molecular complexity index is 175. The second-order valence-corrected chi connectivity index (χ2v) is 5.05. The molecule has 90 valence electrons.